The standard InChI is InChI=1S/C18H14N2/c1-2-6-14(7-3-1)13-20-17-9-5-4-8-15(17)16-10-11-19-12-18(16)20/h1-12H,13H2. The first kappa shape index (κ1) is 11.2. The lowest BCUT2D eigenvalue weighted by Gasteiger charge is -2.07. The summed E-state index contributed by atoms with van der Waals surface area (Å²) < 4.78 is 2.34. The lowest BCUT2D eigenvalue weighted by atomic mass is 10.2. The van der Waals surface area contributed by atoms with E-state index in [2.05, 4.69) is 70.2 Å². The molecule has 4 aromatic rings. The minimum Gasteiger partial charge on any atom is -0.335 e. The highest BCUT2D eigenvalue weighted by Gasteiger charge is 2.09. The number of fused-ring (bicyclic) bond motifs is 3. The van der Waals surface area contributed by atoms with Gasteiger partial charge in [0.25, 0.3) is 0 Å². The third kappa shape index (κ3) is 1.69. The number of para-hydroxylation sites is 1. The fourth-order valence-corrected chi connectivity index (χ4v) is 2.83. The van der Waals surface area contributed by atoms with Gasteiger partial charge in [0.2, 0.25) is 0 Å². The molecule has 2 heterocycles. The smallest absolute Gasteiger partial charge is 0.0680 e. The van der Waals surface area contributed by atoms with Gasteiger partial charge in [-0.2, -0.15) is 0 Å². The molecule has 0 radical (unpaired) electrons. The summed E-state index contributed by atoms with van der Waals surface area (Å²) in [5.41, 5.74) is 3.76. The molecule has 4 rings (SSSR count). The van der Waals surface area contributed by atoms with Gasteiger partial charge in [0.15, 0.2) is 0 Å². The van der Waals surface area contributed by atoms with E-state index in [1.165, 1.54) is 27.4 Å². The third-order valence-corrected chi connectivity index (χ3v) is 3.76. The molecule has 0 bridgehead atoms. The maximum Gasteiger partial charge on any atom is 0.0680 e. The molecule has 0 aliphatic carbocycles. The molecule has 0 fully saturated rings. The lowest BCUT2D eigenvalue weighted by Crippen LogP contribution is -1.99. The van der Waals surface area contributed by atoms with Crippen molar-refractivity contribution in [1.29, 1.82) is 0 Å². The molecule has 2 aromatic carbocycles. The quantitative estimate of drug-likeness (QED) is 0.526. The molecule has 0 saturated heterocycles. The molecule has 20 heavy (non-hydrogen) atoms. The highest BCUT2D eigenvalue weighted by Crippen LogP contribution is 2.28. The van der Waals surface area contributed by atoms with E-state index in [4.69, 9.17) is 0 Å². The van der Waals surface area contributed by atoms with Crippen molar-refractivity contribution in [3.05, 3.63) is 78.6 Å². The fraction of sp³-hybridized carbons (Fsp3) is 0.0556. The highest BCUT2D eigenvalue weighted by molar-refractivity contribution is 6.07. The van der Waals surface area contributed by atoms with Crippen LogP contribution in [0.1, 0.15) is 5.56 Å². The van der Waals surface area contributed by atoms with Gasteiger partial charge in [-0.1, -0.05) is 48.5 Å². The summed E-state index contributed by atoms with van der Waals surface area (Å²) in [7, 11) is 0. The molecule has 2 heteroatoms. The van der Waals surface area contributed by atoms with Gasteiger partial charge >= 0.3 is 0 Å². The van der Waals surface area contributed by atoms with Crippen molar-refractivity contribution in [3.63, 3.8) is 0 Å². The Hall–Kier alpha value is -2.61. The van der Waals surface area contributed by atoms with Gasteiger partial charge < -0.3 is 4.57 Å². The van der Waals surface area contributed by atoms with Crippen LogP contribution in [0.25, 0.3) is 21.8 Å². The van der Waals surface area contributed by atoms with Crippen LogP contribution in [-0.2, 0) is 6.54 Å². The van der Waals surface area contributed by atoms with Crippen LogP contribution in [0.2, 0.25) is 0 Å². The van der Waals surface area contributed by atoms with Crippen molar-refractivity contribution in [1.82, 2.24) is 9.55 Å². The van der Waals surface area contributed by atoms with Crippen molar-refractivity contribution in [2.45, 2.75) is 6.54 Å². The normalized spacial score (nSPS) is 11.2. The summed E-state index contributed by atoms with van der Waals surface area (Å²) in [6.45, 7) is 0.872. The zero-order chi connectivity index (χ0) is 13.4. The zero-order valence-corrected chi connectivity index (χ0v) is 11.0. The summed E-state index contributed by atoms with van der Waals surface area (Å²) in [4.78, 5) is 4.29. The van der Waals surface area contributed by atoms with Gasteiger partial charge in [-0.05, 0) is 17.7 Å². The first-order chi connectivity index (χ1) is 9.93. The molecule has 0 spiro atoms. The maximum absolute atomic E-state index is 4.29. The molecule has 0 saturated carbocycles. The second-order valence-electron chi connectivity index (χ2n) is 4.98. The third-order valence-electron chi connectivity index (χ3n) is 3.76. The van der Waals surface area contributed by atoms with Crippen LogP contribution in [0.4, 0.5) is 0 Å². The number of pyridine rings is 1. The molecule has 96 valence electrons. The minimum atomic E-state index is 0.872. The molecule has 2 nitrogen and oxygen atoms in total. The Balaban J connectivity index is 2.00. The number of hydrogen-bond donors (Lipinski definition) is 0. The second-order valence-corrected chi connectivity index (χ2v) is 4.98. The van der Waals surface area contributed by atoms with Gasteiger partial charge in [0, 0.05) is 29.0 Å². The Labute approximate surface area is 117 Å². The van der Waals surface area contributed by atoms with E-state index in [1.807, 2.05) is 12.4 Å². The van der Waals surface area contributed by atoms with E-state index in [9.17, 15) is 0 Å². The first-order valence-corrected chi connectivity index (χ1v) is 6.78. The van der Waals surface area contributed by atoms with Crippen LogP contribution in [0.5, 0.6) is 0 Å². The summed E-state index contributed by atoms with van der Waals surface area (Å²) in [5, 5.41) is 2.56. The summed E-state index contributed by atoms with van der Waals surface area (Å²) >= 11 is 0. The largest absolute Gasteiger partial charge is 0.335 e. The number of benzene rings is 2. The average Bonchev–Trinajstić information content (AvgIpc) is 2.84. The lowest BCUT2D eigenvalue weighted by molar-refractivity contribution is 0.867. The molecule has 2 aromatic heterocycles. The molecule has 0 atom stereocenters. The van der Waals surface area contributed by atoms with Crippen molar-refractivity contribution in [2.24, 2.45) is 0 Å². The van der Waals surface area contributed by atoms with Crippen LogP contribution >= 0.6 is 0 Å². The first-order valence-electron chi connectivity index (χ1n) is 6.78. The van der Waals surface area contributed by atoms with Crippen LogP contribution in [0.3, 0.4) is 0 Å². The maximum atomic E-state index is 4.29. The molecular weight excluding hydrogens is 244 g/mol. The summed E-state index contributed by atoms with van der Waals surface area (Å²) in [6, 6.07) is 21.2. The summed E-state index contributed by atoms with van der Waals surface area (Å²) in [6.07, 6.45) is 3.82. The SMILES string of the molecule is c1ccc(Cn2c3ccccc3c3ccncc32)cc1. The topological polar surface area (TPSA) is 17.8 Å². The number of aromatic nitrogens is 2. The van der Waals surface area contributed by atoms with Gasteiger partial charge in [0.1, 0.15) is 0 Å². The molecule has 0 N–H and O–H groups in total. The van der Waals surface area contributed by atoms with Crippen molar-refractivity contribution < 1.29 is 0 Å². The van der Waals surface area contributed by atoms with Gasteiger partial charge in [-0.25, -0.2) is 0 Å². The van der Waals surface area contributed by atoms with E-state index >= 15 is 0 Å². The Bertz CT molecular complexity index is 822. The monoisotopic (exact) mass is 258 g/mol. The van der Waals surface area contributed by atoms with Gasteiger partial charge in [0.05, 0.1) is 11.7 Å². The van der Waals surface area contributed by atoms with Crippen molar-refractivity contribution >= 4 is 21.8 Å². The number of nitrogens with zero attached hydrogens (tertiary/aromatic N) is 2. The van der Waals surface area contributed by atoms with Crippen LogP contribution in [0.15, 0.2) is 73.1 Å². The highest BCUT2D eigenvalue weighted by atomic mass is 15.0. The Morgan fingerprint density at radius 1 is 0.750 bits per heavy atom. The average molecular weight is 258 g/mol. The molecule has 0 aliphatic rings. The van der Waals surface area contributed by atoms with Crippen LogP contribution in [0, 0.1) is 0 Å². The van der Waals surface area contributed by atoms with E-state index in [0.717, 1.165) is 6.54 Å². The van der Waals surface area contributed by atoms with E-state index in [0.29, 0.717) is 0 Å². The van der Waals surface area contributed by atoms with E-state index in [-0.39, 0.29) is 0 Å². The second kappa shape index (κ2) is 4.49. The van der Waals surface area contributed by atoms with Crippen molar-refractivity contribution in [2.75, 3.05) is 0 Å². The molecule has 0 unspecified atom stereocenters. The Morgan fingerprint density at radius 3 is 2.40 bits per heavy atom. The van der Waals surface area contributed by atoms with E-state index < -0.39 is 0 Å². The van der Waals surface area contributed by atoms with E-state index in [1.54, 1.807) is 0 Å². The van der Waals surface area contributed by atoms with Crippen LogP contribution in [-0.4, -0.2) is 9.55 Å². The predicted molar refractivity (Wildman–Crippen MR) is 82.8 cm³/mol. The van der Waals surface area contributed by atoms with Crippen LogP contribution < -0.4 is 0 Å². The minimum absolute atomic E-state index is 0.872. The zero-order valence-electron chi connectivity index (χ0n) is 11.0. The number of hydrogen-bond acceptors (Lipinski definition) is 1. The van der Waals surface area contributed by atoms with Gasteiger partial charge in [-0.3, -0.25) is 4.98 Å². The summed E-state index contributed by atoms with van der Waals surface area (Å²) in [5.74, 6) is 0. The molecular formula is C18H14N2. The van der Waals surface area contributed by atoms with Gasteiger partial charge in [-0.15, -0.1) is 0 Å². The predicted octanol–water partition coefficient (Wildman–Crippen LogP) is 4.24. The fourth-order valence-electron chi connectivity index (χ4n) is 2.83. The Kier molecular flexibility index (Phi) is 2.52. The number of rotatable bonds is 2. The van der Waals surface area contributed by atoms with Crippen molar-refractivity contribution in [3.8, 4) is 0 Å². The Morgan fingerprint density at radius 2 is 1.50 bits per heavy atom. The molecule has 0 aliphatic heterocycles. The molecule has 0 amide bonds.